The maximum atomic E-state index is 14.3. The second-order valence-electron chi connectivity index (χ2n) is 11.5. The number of anilines is 2. The summed E-state index contributed by atoms with van der Waals surface area (Å²) in [6.45, 7) is 11.7. The number of carbonyl (C=O) groups excluding carboxylic acids is 3. The Bertz CT molecular complexity index is 1310. The number of benzene rings is 1. The SMILES string of the molecule is CCCCP(C)OC(=O)c1c(N)c(C(=O)OCC)n(Cc2cc(F)ccc2Cl)c1N1CCC[C@@H](NC(=O)OC(C)(C)C)C1. The first-order valence-corrected chi connectivity index (χ1v) is 16.8. The molecule has 1 unspecified atom stereocenters. The van der Waals surface area contributed by atoms with E-state index in [0.29, 0.717) is 37.3 Å². The predicted molar refractivity (Wildman–Crippen MR) is 168 cm³/mol. The van der Waals surface area contributed by atoms with Crippen LogP contribution in [0.25, 0.3) is 0 Å². The minimum Gasteiger partial charge on any atom is -0.461 e. The van der Waals surface area contributed by atoms with Crippen LogP contribution >= 0.6 is 19.7 Å². The van der Waals surface area contributed by atoms with Gasteiger partial charge in [-0.05, 0) is 77.4 Å². The van der Waals surface area contributed by atoms with Crippen molar-refractivity contribution in [3.63, 3.8) is 0 Å². The number of ether oxygens (including phenoxy) is 2. The highest BCUT2D eigenvalue weighted by molar-refractivity contribution is 7.52. The number of hydrogen-bond acceptors (Lipinski definition) is 8. The molecule has 13 heteroatoms. The third-order valence-electron chi connectivity index (χ3n) is 6.79. The van der Waals surface area contributed by atoms with Crippen molar-refractivity contribution in [2.75, 3.05) is 43.2 Å². The smallest absolute Gasteiger partial charge is 0.407 e. The highest BCUT2D eigenvalue weighted by Gasteiger charge is 2.36. The molecule has 1 aromatic carbocycles. The molecule has 1 aliphatic heterocycles. The molecular weight excluding hydrogens is 598 g/mol. The molecule has 1 aliphatic rings. The first kappa shape index (κ1) is 34.5. The molecule has 3 rings (SSSR count). The van der Waals surface area contributed by atoms with Gasteiger partial charge in [-0.2, -0.15) is 0 Å². The summed E-state index contributed by atoms with van der Waals surface area (Å²) in [5.41, 5.74) is 6.17. The Balaban J connectivity index is 2.15. The van der Waals surface area contributed by atoms with Gasteiger partial charge in [0.1, 0.15) is 22.8 Å². The lowest BCUT2D eigenvalue weighted by Gasteiger charge is -2.36. The molecule has 43 heavy (non-hydrogen) atoms. The van der Waals surface area contributed by atoms with E-state index in [1.165, 1.54) is 18.2 Å². The molecule has 1 saturated heterocycles. The lowest BCUT2D eigenvalue weighted by molar-refractivity contribution is 0.0495. The summed E-state index contributed by atoms with van der Waals surface area (Å²) < 4.78 is 32.5. The third kappa shape index (κ3) is 9.22. The monoisotopic (exact) mass is 640 g/mol. The zero-order valence-electron chi connectivity index (χ0n) is 25.8. The number of amides is 1. The molecule has 1 fully saturated rings. The molecule has 238 valence electrons. The van der Waals surface area contributed by atoms with Crippen molar-refractivity contribution in [2.24, 2.45) is 0 Å². The van der Waals surface area contributed by atoms with Crippen molar-refractivity contribution in [1.29, 1.82) is 0 Å². The number of nitrogens with one attached hydrogen (secondary N) is 1. The largest absolute Gasteiger partial charge is 0.461 e. The normalized spacial score (nSPS) is 16.0. The summed E-state index contributed by atoms with van der Waals surface area (Å²) in [5.74, 6) is -1.59. The minimum atomic E-state index is -1.10. The molecule has 0 aliphatic carbocycles. The number of piperidine rings is 1. The van der Waals surface area contributed by atoms with E-state index in [9.17, 15) is 18.8 Å². The molecule has 0 bridgehead atoms. The van der Waals surface area contributed by atoms with Gasteiger partial charge in [-0.25, -0.2) is 18.8 Å². The van der Waals surface area contributed by atoms with Crippen molar-refractivity contribution in [2.45, 2.75) is 78.5 Å². The lowest BCUT2D eigenvalue weighted by Crippen LogP contribution is -2.49. The number of esters is 1. The molecule has 0 spiro atoms. The topological polar surface area (TPSA) is 125 Å². The fourth-order valence-electron chi connectivity index (χ4n) is 4.94. The van der Waals surface area contributed by atoms with Crippen LogP contribution in [0.15, 0.2) is 18.2 Å². The van der Waals surface area contributed by atoms with Crippen molar-refractivity contribution in [3.05, 3.63) is 45.9 Å². The zero-order valence-corrected chi connectivity index (χ0v) is 27.4. The van der Waals surface area contributed by atoms with Gasteiger partial charge in [0.25, 0.3) is 0 Å². The zero-order chi connectivity index (χ0) is 31.9. The molecule has 0 radical (unpaired) electrons. The van der Waals surface area contributed by atoms with E-state index in [0.717, 1.165) is 19.0 Å². The van der Waals surface area contributed by atoms with Gasteiger partial charge in [-0.3, -0.25) is 0 Å². The molecule has 1 aromatic heterocycles. The lowest BCUT2D eigenvalue weighted by atomic mass is 10.1. The van der Waals surface area contributed by atoms with E-state index in [2.05, 4.69) is 12.2 Å². The van der Waals surface area contributed by atoms with Crippen molar-refractivity contribution in [3.8, 4) is 0 Å². The molecule has 2 atom stereocenters. The maximum Gasteiger partial charge on any atom is 0.407 e. The number of nitrogen functional groups attached to an aromatic ring is 1. The van der Waals surface area contributed by atoms with E-state index in [-0.39, 0.29) is 41.2 Å². The van der Waals surface area contributed by atoms with Crippen LogP contribution in [0, 0.1) is 5.82 Å². The van der Waals surface area contributed by atoms with Crippen molar-refractivity contribution >= 4 is 49.3 Å². The number of carbonyl (C=O) groups is 3. The molecule has 3 N–H and O–H groups in total. The number of alkyl carbamates (subject to hydrolysis) is 1. The van der Waals surface area contributed by atoms with Gasteiger partial charge >= 0.3 is 18.0 Å². The molecule has 10 nitrogen and oxygen atoms in total. The predicted octanol–water partition coefficient (Wildman–Crippen LogP) is 6.56. The summed E-state index contributed by atoms with van der Waals surface area (Å²) in [7, 11) is -1.10. The van der Waals surface area contributed by atoms with Gasteiger partial charge in [-0.15, -0.1) is 0 Å². The maximum absolute atomic E-state index is 14.3. The number of aromatic nitrogens is 1. The van der Waals surface area contributed by atoms with Crippen LogP contribution in [0.1, 0.15) is 86.7 Å². The summed E-state index contributed by atoms with van der Waals surface area (Å²) in [4.78, 5) is 41.6. The Morgan fingerprint density at radius 1 is 1.21 bits per heavy atom. The van der Waals surface area contributed by atoms with Crippen LogP contribution in [0.3, 0.4) is 0 Å². The molecule has 1 amide bonds. The van der Waals surface area contributed by atoms with Crippen LogP contribution in [-0.2, 0) is 20.5 Å². The van der Waals surface area contributed by atoms with Crippen molar-refractivity contribution in [1.82, 2.24) is 9.88 Å². The van der Waals surface area contributed by atoms with E-state index >= 15 is 0 Å². The minimum absolute atomic E-state index is 0.0272. The highest BCUT2D eigenvalue weighted by atomic mass is 35.5. The first-order valence-electron chi connectivity index (χ1n) is 14.6. The quantitative estimate of drug-likeness (QED) is 0.209. The molecule has 0 saturated carbocycles. The highest BCUT2D eigenvalue weighted by Crippen LogP contribution is 2.41. The Hall–Kier alpha value is -3.04. The number of nitrogens with two attached hydrogens (primary N) is 1. The molecule has 2 heterocycles. The van der Waals surface area contributed by atoms with Crippen LogP contribution in [-0.4, -0.2) is 66.8 Å². The number of unbranched alkanes of at least 4 members (excludes halogenated alkanes) is 1. The second-order valence-corrected chi connectivity index (χ2v) is 13.8. The fourth-order valence-corrected chi connectivity index (χ4v) is 6.34. The van der Waals surface area contributed by atoms with Crippen molar-refractivity contribution < 1.29 is 32.8 Å². The molecule has 2 aromatic rings. The van der Waals surface area contributed by atoms with Crippen LogP contribution in [0.4, 0.5) is 20.7 Å². The Morgan fingerprint density at radius 3 is 2.58 bits per heavy atom. The summed E-state index contributed by atoms with van der Waals surface area (Å²) in [6.07, 6.45) is 3.35. The van der Waals surface area contributed by atoms with Crippen LogP contribution < -0.4 is 16.0 Å². The Kier molecular flexibility index (Phi) is 12.1. The van der Waals surface area contributed by atoms with E-state index in [4.69, 9.17) is 31.3 Å². The fraction of sp³-hybridized carbons (Fsp3) is 0.567. The van der Waals surface area contributed by atoms with Crippen LogP contribution in [0.5, 0.6) is 0 Å². The summed E-state index contributed by atoms with van der Waals surface area (Å²) in [6, 6.07) is 3.61. The average Bonchev–Trinajstić information content (AvgIpc) is 3.20. The number of halogens is 2. The van der Waals surface area contributed by atoms with Gasteiger partial charge in [0, 0.05) is 30.3 Å². The molecular formula is C30H43ClFN4O6P. The van der Waals surface area contributed by atoms with Gasteiger partial charge in [0.05, 0.1) is 27.0 Å². The average molecular weight is 641 g/mol. The van der Waals surface area contributed by atoms with Crippen LogP contribution in [0.2, 0.25) is 5.02 Å². The summed E-state index contributed by atoms with van der Waals surface area (Å²) in [5, 5.41) is 3.19. The standard InChI is InChI=1S/C30H43ClFN4O6P/c1-7-9-15-43(6)42-27(37)23-24(33)25(28(38)40-8-2)36(17-19-16-20(32)12-13-22(19)31)26(23)35-14-10-11-21(18-35)34-29(39)41-30(3,4)5/h12-13,16,21H,7-11,14-15,17-18,33H2,1-6H3,(H,34,39)/t21-,43?/m1/s1. The van der Waals surface area contributed by atoms with Gasteiger partial charge in [0.2, 0.25) is 0 Å². The number of nitrogens with zero attached hydrogens (tertiary/aromatic N) is 2. The first-order chi connectivity index (χ1) is 20.2. The van der Waals surface area contributed by atoms with E-state index < -0.39 is 37.6 Å². The van der Waals surface area contributed by atoms with Gasteiger partial charge in [-0.1, -0.05) is 24.9 Å². The summed E-state index contributed by atoms with van der Waals surface area (Å²) >= 11 is 6.45. The Morgan fingerprint density at radius 2 is 1.93 bits per heavy atom. The van der Waals surface area contributed by atoms with Gasteiger partial charge in [0.15, 0.2) is 5.69 Å². The second kappa shape index (κ2) is 15.1. The third-order valence-corrected chi connectivity index (χ3v) is 8.58. The number of hydrogen-bond donors (Lipinski definition) is 2. The Labute approximate surface area is 259 Å². The van der Waals surface area contributed by atoms with E-state index in [1.807, 2.05) is 11.6 Å². The van der Waals surface area contributed by atoms with Gasteiger partial charge < -0.3 is 34.5 Å². The van der Waals surface area contributed by atoms with E-state index in [1.54, 1.807) is 32.3 Å². The number of rotatable bonds is 11.